The minimum Gasteiger partial charge on any atom is -0.494 e. The molecule has 0 radical (unpaired) electrons. The van der Waals surface area contributed by atoms with E-state index in [-0.39, 0.29) is 22.9 Å². The van der Waals surface area contributed by atoms with Gasteiger partial charge in [-0.1, -0.05) is 23.7 Å². The number of hydrogen-bond acceptors (Lipinski definition) is 11. The molecule has 12 nitrogen and oxygen atoms in total. The number of para-hydroxylation sites is 2. The Hall–Kier alpha value is -3.81. The molecule has 0 aliphatic carbocycles. The number of piperidine rings is 1. The molecule has 0 saturated carbocycles. The number of methoxy groups -OCH3 is 1. The van der Waals surface area contributed by atoms with E-state index >= 15 is 0 Å². The minimum absolute atomic E-state index is 0.0132. The molecule has 2 aromatic carbocycles. The van der Waals surface area contributed by atoms with Crippen LogP contribution in [0.25, 0.3) is 0 Å². The Bertz CT molecular complexity index is 1690. The summed E-state index contributed by atoms with van der Waals surface area (Å²) < 4.78 is 36.8. The lowest BCUT2D eigenvalue weighted by Crippen LogP contribution is -2.53. The molecule has 2 saturated heterocycles. The molecular weight excluding hydrogens is 642 g/mol. The van der Waals surface area contributed by atoms with E-state index in [0.29, 0.717) is 34.5 Å². The molecule has 2 fully saturated rings. The van der Waals surface area contributed by atoms with Crippen molar-refractivity contribution in [1.29, 1.82) is 0 Å². The van der Waals surface area contributed by atoms with Crippen molar-refractivity contribution in [3.8, 4) is 5.75 Å². The highest BCUT2D eigenvalue weighted by atomic mass is 35.5. The van der Waals surface area contributed by atoms with Crippen molar-refractivity contribution >= 4 is 62.1 Å². The molecule has 14 heteroatoms. The van der Waals surface area contributed by atoms with Gasteiger partial charge in [0.25, 0.3) is 0 Å². The largest absolute Gasteiger partial charge is 0.494 e. The molecule has 0 spiro atoms. The number of halogens is 1. The average molecular weight is 686 g/mol. The third kappa shape index (κ3) is 8.76. The van der Waals surface area contributed by atoms with Crippen LogP contribution in [0.3, 0.4) is 0 Å². The van der Waals surface area contributed by atoms with Gasteiger partial charge in [0.1, 0.15) is 16.4 Å². The van der Waals surface area contributed by atoms with Crippen LogP contribution in [0.2, 0.25) is 5.02 Å². The van der Waals surface area contributed by atoms with Crippen molar-refractivity contribution in [2.24, 2.45) is 11.8 Å². The van der Waals surface area contributed by atoms with Crippen molar-refractivity contribution in [2.45, 2.75) is 39.2 Å². The summed E-state index contributed by atoms with van der Waals surface area (Å²) in [6, 6.07) is 13.0. The zero-order valence-corrected chi connectivity index (χ0v) is 29.4. The number of sulfonamides is 1. The lowest BCUT2D eigenvalue weighted by molar-refractivity contribution is -0.166. The van der Waals surface area contributed by atoms with Crippen molar-refractivity contribution in [1.82, 2.24) is 14.9 Å². The van der Waals surface area contributed by atoms with Crippen molar-refractivity contribution in [3.05, 3.63) is 53.7 Å². The van der Waals surface area contributed by atoms with Crippen LogP contribution in [0.15, 0.2) is 48.7 Å². The zero-order chi connectivity index (χ0) is 33.9. The fourth-order valence-electron chi connectivity index (χ4n) is 5.77. The van der Waals surface area contributed by atoms with Crippen molar-refractivity contribution < 1.29 is 22.7 Å². The van der Waals surface area contributed by atoms with Gasteiger partial charge in [-0.25, -0.2) is 13.4 Å². The van der Waals surface area contributed by atoms with Gasteiger partial charge in [-0.05, 0) is 63.8 Å². The maximum absolute atomic E-state index is 12.3. The van der Waals surface area contributed by atoms with Crippen LogP contribution in [0.4, 0.5) is 34.5 Å². The molecule has 47 heavy (non-hydrogen) atoms. The first-order valence-electron chi connectivity index (χ1n) is 15.7. The highest BCUT2D eigenvalue weighted by Crippen LogP contribution is 2.35. The summed E-state index contributed by atoms with van der Waals surface area (Å²) in [6.45, 7) is 10.2. The van der Waals surface area contributed by atoms with Gasteiger partial charge in [-0.3, -0.25) is 9.10 Å². The van der Waals surface area contributed by atoms with E-state index in [1.165, 1.54) is 17.5 Å². The highest BCUT2D eigenvalue weighted by Gasteiger charge is 2.37. The Kier molecular flexibility index (Phi) is 10.4. The number of esters is 1. The molecule has 5 rings (SSSR count). The number of benzene rings is 2. The summed E-state index contributed by atoms with van der Waals surface area (Å²) in [5.74, 6) is 1.74. The van der Waals surface area contributed by atoms with Crippen molar-refractivity contribution in [3.63, 3.8) is 0 Å². The van der Waals surface area contributed by atoms with Crippen LogP contribution in [0, 0.1) is 11.8 Å². The van der Waals surface area contributed by atoms with E-state index in [2.05, 4.69) is 36.5 Å². The minimum atomic E-state index is -3.48. The molecule has 2 aliphatic heterocycles. The van der Waals surface area contributed by atoms with Crippen LogP contribution in [0.5, 0.6) is 5.75 Å². The number of rotatable bonds is 11. The summed E-state index contributed by atoms with van der Waals surface area (Å²) in [5, 5.41) is 6.65. The summed E-state index contributed by atoms with van der Waals surface area (Å²) in [6.07, 6.45) is 4.77. The van der Waals surface area contributed by atoms with Crippen LogP contribution >= 0.6 is 11.6 Å². The molecule has 254 valence electrons. The van der Waals surface area contributed by atoms with Gasteiger partial charge in [-0.2, -0.15) is 4.98 Å². The van der Waals surface area contributed by atoms with E-state index in [0.717, 1.165) is 57.5 Å². The molecule has 0 bridgehead atoms. The number of anilines is 6. The molecule has 1 aromatic heterocycles. The maximum Gasteiger partial charge on any atom is 0.312 e. The first-order valence-corrected chi connectivity index (χ1v) is 17.9. The van der Waals surface area contributed by atoms with Gasteiger partial charge in [-0.15, -0.1) is 0 Å². The van der Waals surface area contributed by atoms with E-state index in [1.807, 2.05) is 32.9 Å². The second-order valence-corrected chi connectivity index (χ2v) is 15.6. The van der Waals surface area contributed by atoms with Gasteiger partial charge in [0.15, 0.2) is 5.82 Å². The van der Waals surface area contributed by atoms with Gasteiger partial charge in [0.2, 0.25) is 16.0 Å². The standard InChI is InChI=1S/C33H44ClN7O5S/c1-33(2,3)46-31(42)23-20-40(21-23)19-22-13-15-41(16-14-22)24-11-12-27(29(17-24)45-5)37-32-35-18-25(34)30(38-32)36-26-9-7-8-10-28(26)39(4)47(6,43)44/h7-12,17-18,22-23H,13-16,19-21H2,1-6H3,(H2,35,36,37,38). The first-order chi connectivity index (χ1) is 22.2. The number of aromatic nitrogens is 2. The number of carbonyl (C=O) groups is 1. The molecule has 0 unspecified atom stereocenters. The third-order valence-electron chi connectivity index (χ3n) is 8.36. The van der Waals surface area contributed by atoms with E-state index in [1.54, 1.807) is 31.4 Å². The van der Waals surface area contributed by atoms with E-state index in [9.17, 15) is 13.2 Å². The number of ether oxygens (including phenoxy) is 2. The lowest BCUT2D eigenvalue weighted by Gasteiger charge is -2.42. The first kappa shape index (κ1) is 34.5. The fraction of sp³-hybridized carbons (Fsp3) is 0.485. The van der Waals surface area contributed by atoms with Crippen LogP contribution < -0.4 is 24.6 Å². The summed E-state index contributed by atoms with van der Waals surface area (Å²) in [4.78, 5) is 25.9. The predicted octanol–water partition coefficient (Wildman–Crippen LogP) is 5.51. The Morgan fingerprint density at radius 2 is 1.79 bits per heavy atom. The summed E-state index contributed by atoms with van der Waals surface area (Å²) in [5.41, 5.74) is 2.29. The number of hydrogen-bond donors (Lipinski definition) is 2. The molecule has 3 aromatic rings. The number of carbonyl (C=O) groups excluding carboxylic acids is 1. The van der Waals surface area contributed by atoms with Crippen LogP contribution in [-0.2, 0) is 19.6 Å². The van der Waals surface area contributed by atoms with Gasteiger partial charge in [0, 0.05) is 51.5 Å². The smallest absolute Gasteiger partial charge is 0.312 e. The SMILES string of the molecule is COc1cc(N2CCC(CN3CC(C(=O)OC(C)(C)C)C3)CC2)ccc1Nc1ncc(Cl)c(Nc2ccccc2N(C)S(C)(=O)=O)n1. The predicted molar refractivity (Wildman–Crippen MR) is 187 cm³/mol. The second-order valence-electron chi connectivity index (χ2n) is 13.2. The fourth-order valence-corrected chi connectivity index (χ4v) is 6.42. The Morgan fingerprint density at radius 3 is 2.45 bits per heavy atom. The van der Waals surface area contributed by atoms with Crippen molar-refractivity contribution in [2.75, 3.05) is 73.0 Å². The Morgan fingerprint density at radius 1 is 1.09 bits per heavy atom. The van der Waals surface area contributed by atoms with Gasteiger partial charge < -0.3 is 29.9 Å². The quantitative estimate of drug-likeness (QED) is 0.248. The van der Waals surface area contributed by atoms with Gasteiger partial charge in [0.05, 0.1) is 42.5 Å². The molecule has 0 amide bonds. The lowest BCUT2D eigenvalue weighted by atomic mass is 9.92. The summed E-state index contributed by atoms with van der Waals surface area (Å²) >= 11 is 6.43. The molecule has 2 N–H and O–H groups in total. The molecule has 0 atom stereocenters. The zero-order valence-electron chi connectivity index (χ0n) is 27.8. The van der Waals surface area contributed by atoms with E-state index < -0.39 is 15.6 Å². The maximum atomic E-state index is 12.3. The van der Waals surface area contributed by atoms with E-state index in [4.69, 9.17) is 21.1 Å². The molecule has 3 heterocycles. The topological polar surface area (TPSA) is 129 Å². The van der Waals surface area contributed by atoms with Crippen LogP contribution in [0.1, 0.15) is 33.6 Å². The Labute approximate surface area is 282 Å². The Balaban J connectivity index is 1.18. The molecule has 2 aliphatic rings. The normalized spacial score (nSPS) is 16.4. The number of nitrogens with one attached hydrogen (secondary N) is 2. The number of nitrogens with zero attached hydrogens (tertiary/aromatic N) is 5. The average Bonchev–Trinajstić information content (AvgIpc) is 2.99. The molecular formula is C33H44ClN7O5S. The third-order valence-corrected chi connectivity index (χ3v) is 9.83. The highest BCUT2D eigenvalue weighted by molar-refractivity contribution is 7.92. The number of likely N-dealkylation sites (tertiary alicyclic amines) is 1. The monoisotopic (exact) mass is 685 g/mol. The van der Waals surface area contributed by atoms with Crippen LogP contribution in [-0.4, -0.2) is 88.0 Å². The second kappa shape index (κ2) is 14.1. The summed E-state index contributed by atoms with van der Waals surface area (Å²) in [7, 11) is -0.373. The van der Waals surface area contributed by atoms with Gasteiger partial charge >= 0.3 is 5.97 Å².